The smallest absolute Gasteiger partial charge is 0.126 e. The van der Waals surface area contributed by atoms with Crippen molar-refractivity contribution >= 4 is 29.0 Å². The number of nitrogens with one attached hydrogen (secondary N) is 1. The molecule has 0 amide bonds. The second kappa shape index (κ2) is 3.59. The van der Waals surface area contributed by atoms with E-state index in [2.05, 4.69) is 10.3 Å². The fraction of sp³-hybridized carbons (Fsp3) is 0.500. The van der Waals surface area contributed by atoms with Gasteiger partial charge in [-0.15, -0.1) is 23.2 Å². The zero-order chi connectivity index (χ0) is 10.2. The van der Waals surface area contributed by atoms with Gasteiger partial charge in [-0.2, -0.15) is 0 Å². The summed E-state index contributed by atoms with van der Waals surface area (Å²) in [6.45, 7) is 2.76. The Labute approximate surface area is 93.6 Å². The zero-order valence-electron chi connectivity index (χ0n) is 7.93. The van der Waals surface area contributed by atoms with E-state index in [0.717, 1.165) is 24.5 Å². The topological polar surface area (TPSA) is 24.9 Å². The van der Waals surface area contributed by atoms with E-state index in [-0.39, 0.29) is 0 Å². The van der Waals surface area contributed by atoms with Crippen molar-refractivity contribution in [3.05, 3.63) is 23.9 Å². The molecule has 1 aromatic rings. The molecular weight excluding hydrogens is 219 g/mol. The Morgan fingerprint density at radius 2 is 2.29 bits per heavy atom. The van der Waals surface area contributed by atoms with Crippen LogP contribution >= 0.6 is 23.2 Å². The third-order valence-corrected chi connectivity index (χ3v) is 3.30. The lowest BCUT2D eigenvalue weighted by atomic mass is 10.3. The summed E-state index contributed by atoms with van der Waals surface area (Å²) in [6, 6.07) is 5.89. The second-order valence-electron chi connectivity index (χ2n) is 3.71. The molecule has 1 heterocycles. The van der Waals surface area contributed by atoms with Crippen molar-refractivity contribution < 1.29 is 0 Å². The van der Waals surface area contributed by atoms with Crippen LogP contribution < -0.4 is 5.32 Å². The molecule has 1 atom stereocenters. The Hall–Kier alpha value is -0.470. The fourth-order valence-electron chi connectivity index (χ4n) is 1.36. The minimum absolute atomic E-state index is 0.355. The number of aryl methyl sites for hydroxylation is 1. The molecule has 0 aromatic carbocycles. The highest BCUT2D eigenvalue weighted by molar-refractivity contribution is 6.50. The van der Waals surface area contributed by atoms with Crippen LogP contribution in [-0.4, -0.2) is 15.9 Å². The molecular formula is C10H12Cl2N2. The number of hydrogen-bond donors (Lipinski definition) is 1. The first-order chi connectivity index (χ1) is 6.58. The Kier molecular flexibility index (Phi) is 2.58. The number of alkyl halides is 2. The van der Waals surface area contributed by atoms with E-state index in [4.69, 9.17) is 23.2 Å². The summed E-state index contributed by atoms with van der Waals surface area (Å²) >= 11 is 11.8. The molecule has 0 bridgehead atoms. The van der Waals surface area contributed by atoms with E-state index in [9.17, 15) is 0 Å². The SMILES string of the molecule is Cc1cccc(NCC2CC2(Cl)Cl)n1. The average Bonchev–Trinajstić information content (AvgIpc) is 2.71. The summed E-state index contributed by atoms with van der Waals surface area (Å²) in [5.74, 6) is 1.24. The summed E-state index contributed by atoms with van der Waals surface area (Å²) in [5, 5.41) is 3.22. The highest BCUT2D eigenvalue weighted by Gasteiger charge is 2.51. The van der Waals surface area contributed by atoms with E-state index in [1.54, 1.807) is 0 Å². The molecule has 1 aliphatic rings. The molecule has 0 saturated heterocycles. The van der Waals surface area contributed by atoms with Crippen molar-refractivity contribution in [3.8, 4) is 0 Å². The van der Waals surface area contributed by atoms with E-state index < -0.39 is 4.33 Å². The number of aromatic nitrogens is 1. The Balaban J connectivity index is 1.87. The predicted molar refractivity (Wildman–Crippen MR) is 60.0 cm³/mol. The molecule has 0 radical (unpaired) electrons. The van der Waals surface area contributed by atoms with Gasteiger partial charge in [0.1, 0.15) is 10.2 Å². The van der Waals surface area contributed by atoms with Gasteiger partial charge in [0.2, 0.25) is 0 Å². The van der Waals surface area contributed by atoms with Crippen LogP contribution in [0.1, 0.15) is 12.1 Å². The number of hydrogen-bond acceptors (Lipinski definition) is 2. The molecule has 76 valence electrons. The molecule has 4 heteroatoms. The maximum Gasteiger partial charge on any atom is 0.126 e. The van der Waals surface area contributed by atoms with Gasteiger partial charge in [-0.1, -0.05) is 6.07 Å². The zero-order valence-corrected chi connectivity index (χ0v) is 9.44. The average molecular weight is 231 g/mol. The molecule has 0 aliphatic heterocycles. The first kappa shape index (κ1) is 10.1. The second-order valence-corrected chi connectivity index (χ2v) is 5.25. The lowest BCUT2D eigenvalue weighted by molar-refractivity contribution is 0.868. The van der Waals surface area contributed by atoms with Crippen molar-refractivity contribution in [1.29, 1.82) is 0 Å². The van der Waals surface area contributed by atoms with Crippen molar-refractivity contribution in [3.63, 3.8) is 0 Å². The first-order valence-corrected chi connectivity index (χ1v) is 5.39. The van der Waals surface area contributed by atoms with Crippen LogP contribution in [0.2, 0.25) is 0 Å². The van der Waals surface area contributed by atoms with Crippen molar-refractivity contribution in [2.45, 2.75) is 17.7 Å². The fourth-order valence-corrected chi connectivity index (χ4v) is 1.89. The quantitative estimate of drug-likeness (QED) is 0.809. The van der Waals surface area contributed by atoms with Crippen LogP contribution in [0.5, 0.6) is 0 Å². The summed E-state index contributed by atoms with van der Waals surface area (Å²) in [7, 11) is 0. The molecule has 1 aliphatic carbocycles. The standard InChI is InChI=1S/C10H12Cl2N2/c1-7-3-2-4-9(14-7)13-6-8-5-10(8,11)12/h2-4,8H,5-6H2,1H3,(H,13,14). The molecule has 14 heavy (non-hydrogen) atoms. The molecule has 1 saturated carbocycles. The van der Waals surface area contributed by atoms with Crippen molar-refractivity contribution in [1.82, 2.24) is 4.98 Å². The van der Waals surface area contributed by atoms with Gasteiger partial charge in [0, 0.05) is 18.2 Å². The lowest BCUT2D eigenvalue weighted by Crippen LogP contribution is -2.08. The van der Waals surface area contributed by atoms with Gasteiger partial charge in [0.15, 0.2) is 0 Å². The maximum atomic E-state index is 5.91. The minimum atomic E-state index is -0.503. The minimum Gasteiger partial charge on any atom is -0.370 e. The summed E-state index contributed by atoms with van der Waals surface area (Å²) in [6.07, 6.45) is 0.870. The highest BCUT2D eigenvalue weighted by atomic mass is 35.5. The first-order valence-electron chi connectivity index (χ1n) is 4.63. The van der Waals surface area contributed by atoms with Crippen LogP contribution in [-0.2, 0) is 0 Å². The molecule has 2 rings (SSSR count). The van der Waals surface area contributed by atoms with Crippen LogP contribution in [0, 0.1) is 12.8 Å². The van der Waals surface area contributed by atoms with Crippen LogP contribution in [0.3, 0.4) is 0 Å². The van der Waals surface area contributed by atoms with Crippen LogP contribution in [0.4, 0.5) is 5.82 Å². The third-order valence-electron chi connectivity index (χ3n) is 2.37. The summed E-state index contributed by atoms with van der Waals surface area (Å²) in [4.78, 5) is 4.32. The van der Waals surface area contributed by atoms with Crippen LogP contribution in [0.15, 0.2) is 18.2 Å². The lowest BCUT2D eigenvalue weighted by Gasteiger charge is -2.05. The normalized spacial score (nSPS) is 23.2. The number of rotatable bonds is 3. The van der Waals surface area contributed by atoms with Crippen molar-refractivity contribution in [2.24, 2.45) is 5.92 Å². The number of halogens is 2. The van der Waals surface area contributed by atoms with Gasteiger partial charge in [-0.25, -0.2) is 4.98 Å². The molecule has 1 fully saturated rings. The number of pyridine rings is 1. The van der Waals surface area contributed by atoms with E-state index in [0.29, 0.717) is 5.92 Å². The maximum absolute atomic E-state index is 5.91. The van der Waals surface area contributed by atoms with Gasteiger partial charge < -0.3 is 5.32 Å². The van der Waals surface area contributed by atoms with Gasteiger partial charge in [0.25, 0.3) is 0 Å². The van der Waals surface area contributed by atoms with E-state index in [1.807, 2.05) is 25.1 Å². The molecule has 1 unspecified atom stereocenters. The van der Waals surface area contributed by atoms with Gasteiger partial charge >= 0.3 is 0 Å². The number of nitrogens with zero attached hydrogens (tertiary/aromatic N) is 1. The molecule has 1 N–H and O–H groups in total. The predicted octanol–water partition coefficient (Wildman–Crippen LogP) is 3.00. The summed E-state index contributed by atoms with van der Waals surface area (Å²) in [5.41, 5.74) is 1.01. The van der Waals surface area contributed by atoms with E-state index in [1.165, 1.54) is 0 Å². The van der Waals surface area contributed by atoms with Gasteiger partial charge in [-0.05, 0) is 25.5 Å². The van der Waals surface area contributed by atoms with Gasteiger partial charge in [-0.3, -0.25) is 0 Å². The van der Waals surface area contributed by atoms with Crippen LogP contribution in [0.25, 0.3) is 0 Å². The number of anilines is 1. The van der Waals surface area contributed by atoms with Crippen molar-refractivity contribution in [2.75, 3.05) is 11.9 Å². The van der Waals surface area contributed by atoms with Gasteiger partial charge in [0.05, 0.1) is 0 Å². The monoisotopic (exact) mass is 230 g/mol. The Morgan fingerprint density at radius 3 is 2.86 bits per heavy atom. The molecule has 0 spiro atoms. The Morgan fingerprint density at radius 1 is 1.57 bits per heavy atom. The third kappa shape index (κ3) is 2.31. The molecule has 2 nitrogen and oxygen atoms in total. The highest BCUT2D eigenvalue weighted by Crippen LogP contribution is 2.52. The largest absolute Gasteiger partial charge is 0.370 e. The molecule has 1 aromatic heterocycles. The van der Waals surface area contributed by atoms with E-state index >= 15 is 0 Å². The Bertz CT molecular complexity index is 339. The summed E-state index contributed by atoms with van der Waals surface area (Å²) < 4.78 is -0.503.